The van der Waals surface area contributed by atoms with Gasteiger partial charge in [0.05, 0.1) is 12.0 Å². The van der Waals surface area contributed by atoms with Crippen molar-refractivity contribution in [2.24, 2.45) is 0 Å². The molecule has 3 heterocycles. The number of hydrogen-bond donors (Lipinski definition) is 0. The molecule has 0 aromatic carbocycles. The zero-order valence-electron chi connectivity index (χ0n) is 11.4. The van der Waals surface area contributed by atoms with E-state index in [1.807, 2.05) is 6.92 Å². The van der Waals surface area contributed by atoms with Crippen LogP contribution in [0.25, 0.3) is 0 Å². The Morgan fingerprint density at radius 3 is 2.84 bits per heavy atom. The monoisotopic (exact) mass is 263 g/mol. The van der Waals surface area contributed by atoms with Gasteiger partial charge in [0.2, 0.25) is 5.89 Å². The van der Waals surface area contributed by atoms with Gasteiger partial charge < -0.3 is 9.26 Å². The van der Waals surface area contributed by atoms with Crippen LogP contribution in [0.15, 0.2) is 4.52 Å². The second-order valence-corrected chi connectivity index (χ2v) is 6.16. The van der Waals surface area contributed by atoms with Crippen molar-refractivity contribution in [3.8, 4) is 0 Å². The molecular weight excluding hydrogens is 242 g/mol. The number of rotatable bonds is 2. The Bertz CT molecular complexity index is 457. The van der Waals surface area contributed by atoms with E-state index in [9.17, 15) is 0 Å². The first kappa shape index (κ1) is 11.9. The van der Waals surface area contributed by atoms with Crippen molar-refractivity contribution in [2.75, 3.05) is 13.2 Å². The summed E-state index contributed by atoms with van der Waals surface area (Å²) in [5.41, 5.74) is 0. The summed E-state index contributed by atoms with van der Waals surface area (Å²) in [6, 6.07) is 1.39. The highest BCUT2D eigenvalue weighted by molar-refractivity contribution is 5.05. The van der Waals surface area contributed by atoms with Crippen LogP contribution >= 0.6 is 0 Å². The Kier molecular flexibility index (Phi) is 2.84. The Morgan fingerprint density at radius 2 is 2.16 bits per heavy atom. The molecule has 2 saturated heterocycles. The van der Waals surface area contributed by atoms with Gasteiger partial charge in [0, 0.05) is 25.2 Å². The standard InChI is InChI=1S/C14H21N3O2/c1-9-15-14(19-16-9)10-7-13-12(5-6-18-13)17(8-10)11-3-2-4-11/h10-13H,2-8H2,1H3/t10-,12+,13+/m0/s1. The number of nitrogens with zero attached hydrogens (tertiary/aromatic N) is 3. The van der Waals surface area contributed by atoms with Crippen LogP contribution in [0.4, 0.5) is 0 Å². The number of piperidine rings is 1. The van der Waals surface area contributed by atoms with E-state index in [1.54, 1.807) is 0 Å². The Balaban J connectivity index is 1.57. The van der Waals surface area contributed by atoms with Gasteiger partial charge in [-0.1, -0.05) is 11.6 Å². The fourth-order valence-electron chi connectivity index (χ4n) is 3.78. The van der Waals surface area contributed by atoms with Crippen LogP contribution < -0.4 is 0 Å². The lowest BCUT2D eigenvalue weighted by Gasteiger charge is -2.47. The summed E-state index contributed by atoms with van der Waals surface area (Å²) in [4.78, 5) is 7.10. The predicted molar refractivity (Wildman–Crippen MR) is 68.9 cm³/mol. The average molecular weight is 263 g/mol. The summed E-state index contributed by atoms with van der Waals surface area (Å²) in [6.45, 7) is 3.86. The maximum absolute atomic E-state index is 5.93. The maximum atomic E-state index is 5.93. The fourth-order valence-corrected chi connectivity index (χ4v) is 3.78. The number of likely N-dealkylation sites (tertiary alicyclic amines) is 1. The second kappa shape index (κ2) is 4.56. The molecule has 0 radical (unpaired) electrons. The molecule has 3 aliphatic rings. The van der Waals surface area contributed by atoms with Crippen molar-refractivity contribution in [1.82, 2.24) is 15.0 Å². The van der Waals surface area contributed by atoms with Gasteiger partial charge in [-0.2, -0.15) is 4.98 Å². The van der Waals surface area contributed by atoms with Gasteiger partial charge in [0.1, 0.15) is 0 Å². The van der Waals surface area contributed by atoms with Crippen LogP contribution in [0.2, 0.25) is 0 Å². The van der Waals surface area contributed by atoms with Gasteiger partial charge in [-0.3, -0.25) is 4.90 Å². The highest BCUT2D eigenvalue weighted by Gasteiger charge is 2.45. The number of aromatic nitrogens is 2. The minimum atomic E-state index is 0.348. The molecule has 0 spiro atoms. The first-order valence-electron chi connectivity index (χ1n) is 7.49. The average Bonchev–Trinajstić information content (AvgIpc) is 2.94. The van der Waals surface area contributed by atoms with E-state index in [-0.39, 0.29) is 0 Å². The maximum Gasteiger partial charge on any atom is 0.231 e. The fraction of sp³-hybridized carbons (Fsp3) is 0.857. The third-order valence-electron chi connectivity index (χ3n) is 4.98. The summed E-state index contributed by atoms with van der Waals surface area (Å²) < 4.78 is 11.3. The van der Waals surface area contributed by atoms with E-state index < -0.39 is 0 Å². The zero-order chi connectivity index (χ0) is 12.8. The van der Waals surface area contributed by atoms with E-state index >= 15 is 0 Å². The van der Waals surface area contributed by atoms with E-state index in [2.05, 4.69) is 15.0 Å². The summed E-state index contributed by atoms with van der Waals surface area (Å²) in [7, 11) is 0. The summed E-state index contributed by atoms with van der Waals surface area (Å²) in [5.74, 6) is 1.89. The van der Waals surface area contributed by atoms with Crippen LogP contribution in [0.5, 0.6) is 0 Å². The Labute approximate surface area is 113 Å². The van der Waals surface area contributed by atoms with Gasteiger partial charge in [-0.15, -0.1) is 0 Å². The van der Waals surface area contributed by atoms with Gasteiger partial charge in [0.25, 0.3) is 0 Å². The molecule has 2 aliphatic heterocycles. The molecular formula is C14H21N3O2. The molecule has 1 saturated carbocycles. The number of aryl methyl sites for hydroxylation is 1. The Morgan fingerprint density at radius 1 is 1.26 bits per heavy atom. The van der Waals surface area contributed by atoms with Gasteiger partial charge in [-0.05, 0) is 32.6 Å². The number of fused-ring (bicyclic) bond motifs is 1. The van der Waals surface area contributed by atoms with Crippen molar-refractivity contribution < 1.29 is 9.26 Å². The third-order valence-corrected chi connectivity index (χ3v) is 4.98. The van der Waals surface area contributed by atoms with Crippen molar-refractivity contribution in [1.29, 1.82) is 0 Å². The highest BCUT2D eigenvalue weighted by Crippen LogP contribution is 2.40. The summed E-state index contributed by atoms with van der Waals surface area (Å²) in [6.07, 6.45) is 6.67. The topological polar surface area (TPSA) is 51.4 Å². The molecule has 1 aromatic heterocycles. The zero-order valence-corrected chi connectivity index (χ0v) is 11.4. The van der Waals surface area contributed by atoms with Crippen molar-refractivity contribution in [3.05, 3.63) is 11.7 Å². The molecule has 0 bridgehead atoms. The van der Waals surface area contributed by atoms with Gasteiger partial charge >= 0.3 is 0 Å². The highest BCUT2D eigenvalue weighted by atomic mass is 16.5. The van der Waals surface area contributed by atoms with E-state index in [4.69, 9.17) is 9.26 Å². The number of ether oxygens (including phenoxy) is 1. The van der Waals surface area contributed by atoms with Gasteiger partial charge in [-0.25, -0.2) is 0 Å². The number of hydrogen-bond acceptors (Lipinski definition) is 5. The molecule has 3 fully saturated rings. The molecule has 0 amide bonds. The first-order valence-corrected chi connectivity index (χ1v) is 7.49. The minimum Gasteiger partial charge on any atom is -0.377 e. The van der Waals surface area contributed by atoms with Crippen LogP contribution in [-0.4, -0.2) is 46.4 Å². The molecule has 19 heavy (non-hydrogen) atoms. The molecule has 104 valence electrons. The summed E-state index contributed by atoms with van der Waals surface area (Å²) in [5, 5.41) is 3.94. The largest absolute Gasteiger partial charge is 0.377 e. The van der Waals surface area contributed by atoms with Crippen molar-refractivity contribution in [2.45, 2.75) is 63.1 Å². The third kappa shape index (κ3) is 1.99. The van der Waals surface area contributed by atoms with Gasteiger partial charge in [0.15, 0.2) is 5.82 Å². The van der Waals surface area contributed by atoms with Crippen molar-refractivity contribution in [3.63, 3.8) is 0 Å². The second-order valence-electron chi connectivity index (χ2n) is 6.16. The van der Waals surface area contributed by atoms with E-state index in [0.29, 0.717) is 18.1 Å². The molecule has 0 unspecified atom stereocenters. The lowest BCUT2D eigenvalue weighted by molar-refractivity contribution is -0.0239. The molecule has 0 N–H and O–H groups in total. The van der Waals surface area contributed by atoms with Crippen LogP contribution in [-0.2, 0) is 4.74 Å². The normalized spacial score (nSPS) is 36.2. The lowest BCUT2D eigenvalue weighted by Crippen LogP contribution is -2.55. The van der Waals surface area contributed by atoms with Crippen molar-refractivity contribution >= 4 is 0 Å². The van der Waals surface area contributed by atoms with E-state index in [1.165, 1.54) is 25.7 Å². The predicted octanol–water partition coefficient (Wildman–Crippen LogP) is 1.88. The minimum absolute atomic E-state index is 0.348. The van der Waals surface area contributed by atoms with E-state index in [0.717, 1.165) is 37.3 Å². The van der Waals surface area contributed by atoms with Crippen LogP contribution in [0.1, 0.15) is 49.7 Å². The lowest BCUT2D eigenvalue weighted by atomic mass is 9.83. The van der Waals surface area contributed by atoms with Crippen LogP contribution in [0.3, 0.4) is 0 Å². The SMILES string of the molecule is Cc1noc([C@H]2C[C@H]3OCC[C@H]3N(C3CCC3)C2)n1. The molecule has 3 atom stereocenters. The first-order chi connectivity index (χ1) is 9.31. The Hall–Kier alpha value is -0.940. The molecule has 5 heteroatoms. The quantitative estimate of drug-likeness (QED) is 0.815. The molecule has 1 aliphatic carbocycles. The summed E-state index contributed by atoms with van der Waals surface area (Å²) >= 11 is 0. The molecule has 4 rings (SSSR count). The molecule has 1 aromatic rings. The molecule has 5 nitrogen and oxygen atoms in total. The smallest absolute Gasteiger partial charge is 0.231 e. The van der Waals surface area contributed by atoms with Crippen LogP contribution in [0, 0.1) is 6.92 Å².